The van der Waals surface area contributed by atoms with Gasteiger partial charge in [-0.1, -0.05) is 0 Å². The third kappa shape index (κ3) is 7.48. The van der Waals surface area contributed by atoms with E-state index in [-0.39, 0.29) is 0 Å². The van der Waals surface area contributed by atoms with Crippen molar-refractivity contribution >= 4 is 0 Å². The molecule has 0 amide bonds. The van der Waals surface area contributed by atoms with Crippen molar-refractivity contribution in [2.75, 3.05) is 6.54 Å². The van der Waals surface area contributed by atoms with Crippen LogP contribution in [0, 0.1) is 11.8 Å². The number of unbranched alkanes of at least 4 members (excludes halogenated alkanes) is 2. The van der Waals surface area contributed by atoms with Crippen LogP contribution in [-0.2, 0) is 0 Å². The van der Waals surface area contributed by atoms with Crippen LogP contribution in [0.5, 0.6) is 0 Å². The van der Waals surface area contributed by atoms with E-state index in [9.17, 15) is 0 Å². The summed E-state index contributed by atoms with van der Waals surface area (Å²) in [4.78, 5) is 0. The van der Waals surface area contributed by atoms with Crippen molar-refractivity contribution in [1.29, 1.82) is 0 Å². The molecule has 0 heterocycles. The molecule has 0 aromatic carbocycles. The summed E-state index contributed by atoms with van der Waals surface area (Å²) in [7, 11) is 0. The van der Waals surface area contributed by atoms with E-state index in [4.69, 9.17) is 5.21 Å². The Labute approximate surface area is 56.2 Å². The lowest BCUT2D eigenvalue weighted by Gasteiger charge is -1.92. The molecular weight excluding hydrogens is 114 g/mol. The average Bonchev–Trinajstić information content (AvgIpc) is 1.89. The van der Waals surface area contributed by atoms with Crippen molar-refractivity contribution in [2.45, 2.75) is 26.2 Å². The highest BCUT2D eigenvalue weighted by Gasteiger charge is 1.82. The molecule has 0 fully saturated rings. The van der Waals surface area contributed by atoms with Gasteiger partial charge in [0.25, 0.3) is 0 Å². The van der Waals surface area contributed by atoms with E-state index < -0.39 is 0 Å². The molecule has 52 valence electrons. The summed E-state index contributed by atoms with van der Waals surface area (Å²) in [5.41, 5.74) is 2.10. The molecule has 0 aliphatic carbocycles. The van der Waals surface area contributed by atoms with Gasteiger partial charge in [0.2, 0.25) is 0 Å². The van der Waals surface area contributed by atoms with Crippen LogP contribution in [0.15, 0.2) is 0 Å². The molecule has 2 N–H and O–H groups in total. The fourth-order valence-electron chi connectivity index (χ4n) is 0.542. The first-order valence-corrected chi connectivity index (χ1v) is 3.18. The largest absolute Gasteiger partial charge is 0.317 e. The molecule has 0 saturated carbocycles. The van der Waals surface area contributed by atoms with Crippen LogP contribution in [0.1, 0.15) is 26.2 Å². The number of hydrogen-bond acceptors (Lipinski definition) is 2. The Morgan fingerprint density at radius 1 is 1.44 bits per heavy atom. The van der Waals surface area contributed by atoms with Crippen LogP contribution in [0.3, 0.4) is 0 Å². The lowest BCUT2D eigenvalue weighted by Crippen LogP contribution is -2.07. The Morgan fingerprint density at radius 2 is 2.22 bits per heavy atom. The van der Waals surface area contributed by atoms with Crippen LogP contribution >= 0.6 is 0 Å². The molecule has 0 rings (SSSR count). The first-order valence-electron chi connectivity index (χ1n) is 3.18. The second kappa shape index (κ2) is 7.48. The Hall–Kier alpha value is -0.520. The first kappa shape index (κ1) is 8.48. The molecule has 0 atom stereocenters. The van der Waals surface area contributed by atoms with Crippen molar-refractivity contribution in [3.63, 3.8) is 0 Å². The zero-order chi connectivity index (χ0) is 6.95. The van der Waals surface area contributed by atoms with E-state index in [1.807, 2.05) is 6.92 Å². The summed E-state index contributed by atoms with van der Waals surface area (Å²) in [5.74, 6) is 5.76. The minimum Gasteiger partial charge on any atom is -0.317 e. The van der Waals surface area contributed by atoms with Crippen molar-refractivity contribution in [1.82, 2.24) is 5.48 Å². The lowest BCUT2D eigenvalue weighted by molar-refractivity contribution is 0.165. The van der Waals surface area contributed by atoms with Crippen LogP contribution in [0.4, 0.5) is 0 Å². The van der Waals surface area contributed by atoms with Crippen LogP contribution in [0.2, 0.25) is 0 Å². The van der Waals surface area contributed by atoms with E-state index in [0.29, 0.717) is 6.54 Å². The molecule has 0 unspecified atom stereocenters. The third-order valence-electron chi connectivity index (χ3n) is 1.02. The van der Waals surface area contributed by atoms with E-state index in [1.54, 1.807) is 0 Å². The summed E-state index contributed by atoms with van der Waals surface area (Å²) in [6.07, 6.45) is 3.00. The van der Waals surface area contributed by atoms with Gasteiger partial charge < -0.3 is 5.21 Å². The molecule has 2 nitrogen and oxygen atoms in total. The molecule has 9 heavy (non-hydrogen) atoms. The predicted octanol–water partition coefficient (Wildman–Crippen LogP) is 1.16. The third-order valence-corrected chi connectivity index (χ3v) is 1.02. The fraction of sp³-hybridized carbons (Fsp3) is 0.714. The number of nitrogens with one attached hydrogen (secondary N) is 1. The van der Waals surface area contributed by atoms with Gasteiger partial charge in [0.1, 0.15) is 0 Å². The predicted molar refractivity (Wildman–Crippen MR) is 37.1 cm³/mol. The normalized spacial score (nSPS) is 8.22. The van der Waals surface area contributed by atoms with Gasteiger partial charge in [0.05, 0.1) is 0 Å². The molecule has 0 radical (unpaired) electrons. The van der Waals surface area contributed by atoms with Gasteiger partial charge in [-0.2, -0.15) is 0 Å². The second-order valence-corrected chi connectivity index (χ2v) is 1.79. The molecule has 0 spiro atoms. The van der Waals surface area contributed by atoms with Crippen molar-refractivity contribution in [2.24, 2.45) is 0 Å². The van der Waals surface area contributed by atoms with Crippen LogP contribution in [0.25, 0.3) is 0 Å². The van der Waals surface area contributed by atoms with Crippen molar-refractivity contribution in [3.05, 3.63) is 0 Å². The molecular formula is C7H13NO. The minimum atomic E-state index is 0.672. The highest BCUT2D eigenvalue weighted by atomic mass is 16.5. The molecule has 0 bridgehead atoms. The maximum atomic E-state index is 8.14. The van der Waals surface area contributed by atoms with Gasteiger partial charge in [-0.3, -0.25) is 0 Å². The standard InChI is InChI=1S/C7H13NO/c1-2-3-4-5-6-7-8-9/h8-9H,4-7H2,1H3. The lowest BCUT2D eigenvalue weighted by atomic mass is 10.2. The molecule has 0 saturated heterocycles. The number of hydrogen-bond donors (Lipinski definition) is 2. The Balaban J connectivity index is 2.80. The minimum absolute atomic E-state index is 0.672. The topological polar surface area (TPSA) is 32.3 Å². The zero-order valence-electron chi connectivity index (χ0n) is 5.78. The maximum absolute atomic E-state index is 8.14. The van der Waals surface area contributed by atoms with E-state index in [2.05, 4.69) is 17.3 Å². The van der Waals surface area contributed by atoms with Gasteiger partial charge in [0, 0.05) is 13.0 Å². The van der Waals surface area contributed by atoms with Gasteiger partial charge in [0.15, 0.2) is 0 Å². The van der Waals surface area contributed by atoms with Crippen LogP contribution < -0.4 is 5.48 Å². The first-order chi connectivity index (χ1) is 4.41. The van der Waals surface area contributed by atoms with Crippen LogP contribution in [-0.4, -0.2) is 11.8 Å². The van der Waals surface area contributed by atoms with E-state index >= 15 is 0 Å². The Kier molecular flexibility index (Phi) is 7.05. The highest BCUT2D eigenvalue weighted by Crippen LogP contribution is 1.90. The molecule has 2 heteroatoms. The monoisotopic (exact) mass is 127 g/mol. The molecule has 0 aromatic rings. The maximum Gasteiger partial charge on any atom is 0.0207 e. The number of rotatable bonds is 4. The summed E-state index contributed by atoms with van der Waals surface area (Å²) >= 11 is 0. The number of hydroxylamine groups is 1. The molecule has 0 aliphatic rings. The highest BCUT2D eigenvalue weighted by molar-refractivity contribution is 4.94. The van der Waals surface area contributed by atoms with Crippen molar-refractivity contribution < 1.29 is 5.21 Å². The Morgan fingerprint density at radius 3 is 2.78 bits per heavy atom. The van der Waals surface area contributed by atoms with E-state index in [0.717, 1.165) is 19.3 Å². The second-order valence-electron chi connectivity index (χ2n) is 1.79. The zero-order valence-corrected chi connectivity index (χ0v) is 5.78. The molecule has 0 aliphatic heterocycles. The average molecular weight is 127 g/mol. The summed E-state index contributed by atoms with van der Waals surface area (Å²) < 4.78 is 0. The smallest absolute Gasteiger partial charge is 0.0207 e. The van der Waals surface area contributed by atoms with Gasteiger partial charge in [-0.15, -0.1) is 11.8 Å². The van der Waals surface area contributed by atoms with Gasteiger partial charge >= 0.3 is 0 Å². The molecule has 0 aromatic heterocycles. The van der Waals surface area contributed by atoms with Gasteiger partial charge in [-0.25, -0.2) is 5.48 Å². The Bertz CT molecular complexity index is 101. The summed E-state index contributed by atoms with van der Waals surface area (Å²) in [6.45, 7) is 2.51. The van der Waals surface area contributed by atoms with E-state index in [1.165, 1.54) is 0 Å². The summed E-state index contributed by atoms with van der Waals surface area (Å²) in [6, 6.07) is 0. The quantitative estimate of drug-likeness (QED) is 0.337. The summed E-state index contributed by atoms with van der Waals surface area (Å²) in [5, 5.41) is 8.14. The van der Waals surface area contributed by atoms with Gasteiger partial charge in [-0.05, 0) is 19.8 Å². The SMILES string of the molecule is CC#CCCCCNO. The van der Waals surface area contributed by atoms with Crippen molar-refractivity contribution in [3.8, 4) is 11.8 Å². The fourth-order valence-corrected chi connectivity index (χ4v) is 0.542.